The molecule has 0 aliphatic heterocycles. The standard InChI is InChI=1S/C42H80N6O13/c1-38(2,3)57-33(52)43-20-16-21-45(34(53)58-39(4,5)6)22-17-23-46(35(54)59-40(7,8)9)24-18-25-47(36(55)60-41(10,11)12)26-19-27-48(37(56)61-42(13,14)15)29-32(51)44-28-31(50)30-49/h31,49-50H,16-30H2,1-15H3,(H,43,52)(H,44,51)/t31-/m0/s1. The van der Waals surface area contributed by atoms with Crippen LogP contribution < -0.4 is 10.6 Å². The Kier molecular flexibility index (Phi) is 23.8. The van der Waals surface area contributed by atoms with Crippen LogP contribution >= 0.6 is 0 Å². The molecule has 0 saturated carbocycles. The summed E-state index contributed by atoms with van der Waals surface area (Å²) in [5.41, 5.74) is -3.86. The van der Waals surface area contributed by atoms with Crippen LogP contribution in [0.1, 0.15) is 130 Å². The second kappa shape index (κ2) is 25.6. The Hall–Kier alpha value is -4.26. The molecule has 0 unspecified atom stereocenters. The lowest BCUT2D eigenvalue weighted by molar-refractivity contribution is -0.122. The predicted molar refractivity (Wildman–Crippen MR) is 230 cm³/mol. The molecule has 0 bridgehead atoms. The Balaban J connectivity index is 5.99. The minimum absolute atomic E-state index is 0.0272. The molecule has 61 heavy (non-hydrogen) atoms. The van der Waals surface area contributed by atoms with Crippen LogP contribution in [0, 0.1) is 0 Å². The molecule has 0 aromatic heterocycles. The highest BCUT2D eigenvalue weighted by Gasteiger charge is 2.28. The number of nitrogens with one attached hydrogen (secondary N) is 2. The summed E-state index contributed by atoms with van der Waals surface area (Å²) in [6.07, 6.45) is -2.85. The molecule has 0 rings (SSSR count). The largest absolute Gasteiger partial charge is 0.444 e. The number of amides is 6. The van der Waals surface area contributed by atoms with Crippen molar-refractivity contribution in [3.8, 4) is 0 Å². The monoisotopic (exact) mass is 877 g/mol. The van der Waals surface area contributed by atoms with Crippen molar-refractivity contribution >= 4 is 36.4 Å². The average Bonchev–Trinajstić information content (AvgIpc) is 3.05. The van der Waals surface area contributed by atoms with Gasteiger partial charge in [-0.1, -0.05) is 0 Å². The van der Waals surface area contributed by atoms with Gasteiger partial charge < -0.3 is 59.2 Å². The summed E-state index contributed by atoms with van der Waals surface area (Å²) in [5, 5.41) is 23.9. The first-order valence-electron chi connectivity index (χ1n) is 21.1. The fraction of sp³-hybridized carbons (Fsp3) is 0.857. The van der Waals surface area contributed by atoms with E-state index in [1.54, 1.807) is 104 Å². The van der Waals surface area contributed by atoms with Crippen LogP contribution in [0.25, 0.3) is 0 Å². The van der Waals surface area contributed by atoms with Gasteiger partial charge in [-0.15, -0.1) is 0 Å². The molecule has 356 valence electrons. The van der Waals surface area contributed by atoms with Crippen molar-refractivity contribution in [3.05, 3.63) is 0 Å². The van der Waals surface area contributed by atoms with E-state index in [2.05, 4.69) is 10.6 Å². The van der Waals surface area contributed by atoms with Gasteiger partial charge in [0.05, 0.1) is 12.7 Å². The van der Waals surface area contributed by atoms with E-state index in [1.165, 1.54) is 19.6 Å². The first-order chi connectivity index (χ1) is 27.7. The maximum Gasteiger partial charge on any atom is 0.410 e. The average molecular weight is 877 g/mol. The molecule has 1 atom stereocenters. The van der Waals surface area contributed by atoms with Crippen molar-refractivity contribution in [2.45, 2.75) is 164 Å². The minimum Gasteiger partial charge on any atom is -0.444 e. The van der Waals surface area contributed by atoms with E-state index in [1.807, 2.05) is 0 Å². The van der Waals surface area contributed by atoms with Crippen molar-refractivity contribution in [3.63, 3.8) is 0 Å². The molecule has 6 amide bonds. The Morgan fingerprint density at radius 3 is 1.07 bits per heavy atom. The van der Waals surface area contributed by atoms with Gasteiger partial charge in [0, 0.05) is 58.9 Å². The summed E-state index contributed by atoms with van der Waals surface area (Å²) in [4.78, 5) is 83.7. The first-order valence-corrected chi connectivity index (χ1v) is 21.1. The summed E-state index contributed by atoms with van der Waals surface area (Å²) >= 11 is 0. The molecule has 0 saturated heterocycles. The lowest BCUT2D eigenvalue weighted by atomic mass is 10.2. The first kappa shape index (κ1) is 56.7. The third-order valence-electron chi connectivity index (χ3n) is 7.53. The zero-order valence-corrected chi connectivity index (χ0v) is 39.9. The normalized spacial score (nSPS) is 12.7. The van der Waals surface area contributed by atoms with Crippen LogP contribution in [0.4, 0.5) is 24.0 Å². The Bertz CT molecular complexity index is 1380. The number of hydrogen-bond acceptors (Lipinski definition) is 13. The van der Waals surface area contributed by atoms with E-state index in [-0.39, 0.29) is 65.3 Å². The van der Waals surface area contributed by atoms with E-state index < -0.39 is 83.6 Å². The van der Waals surface area contributed by atoms with Gasteiger partial charge >= 0.3 is 30.5 Å². The van der Waals surface area contributed by atoms with E-state index in [9.17, 15) is 33.9 Å². The number of aliphatic hydroxyl groups is 2. The minimum atomic E-state index is -1.16. The highest BCUT2D eigenvalue weighted by molar-refractivity contribution is 5.82. The summed E-state index contributed by atoms with van der Waals surface area (Å²) < 4.78 is 27.8. The Morgan fingerprint density at radius 2 is 0.754 bits per heavy atom. The summed E-state index contributed by atoms with van der Waals surface area (Å²) in [6, 6.07) is 0. The second-order valence-electron chi connectivity index (χ2n) is 19.8. The zero-order valence-electron chi connectivity index (χ0n) is 39.9. The van der Waals surface area contributed by atoms with E-state index in [0.29, 0.717) is 19.3 Å². The number of carbonyl (C=O) groups is 6. The lowest BCUT2D eigenvalue weighted by Crippen LogP contribution is -2.46. The van der Waals surface area contributed by atoms with Crippen molar-refractivity contribution in [1.29, 1.82) is 0 Å². The summed E-state index contributed by atoms with van der Waals surface area (Å²) in [6.45, 7) is 26.5. The fourth-order valence-corrected chi connectivity index (χ4v) is 5.08. The molecule has 0 heterocycles. The molecule has 0 aliphatic rings. The molecule has 4 N–H and O–H groups in total. The van der Waals surface area contributed by atoms with Crippen LogP contribution in [-0.2, 0) is 28.5 Å². The zero-order chi connectivity index (χ0) is 47.4. The number of rotatable bonds is 21. The van der Waals surface area contributed by atoms with Gasteiger partial charge in [0.25, 0.3) is 0 Å². The van der Waals surface area contributed by atoms with Crippen molar-refractivity contribution < 1.29 is 62.7 Å². The van der Waals surface area contributed by atoms with Gasteiger partial charge in [-0.25, -0.2) is 24.0 Å². The molecular formula is C42H80N6O13. The molecule has 0 radical (unpaired) electrons. The van der Waals surface area contributed by atoms with Crippen molar-refractivity contribution in [2.24, 2.45) is 0 Å². The molecule has 19 heteroatoms. The van der Waals surface area contributed by atoms with Crippen molar-refractivity contribution in [2.75, 3.05) is 72.1 Å². The molecule has 0 aromatic rings. The quantitative estimate of drug-likeness (QED) is 0.0828. The smallest absolute Gasteiger partial charge is 0.410 e. The third kappa shape index (κ3) is 30.4. The third-order valence-corrected chi connectivity index (χ3v) is 7.53. The highest BCUT2D eigenvalue weighted by atomic mass is 16.6. The molecule has 0 aromatic carbocycles. The van der Waals surface area contributed by atoms with Crippen LogP contribution in [0.15, 0.2) is 0 Å². The number of nitrogens with zero attached hydrogens (tertiary/aromatic N) is 4. The molecular weight excluding hydrogens is 796 g/mol. The van der Waals surface area contributed by atoms with E-state index >= 15 is 0 Å². The number of carbonyl (C=O) groups excluding carboxylic acids is 6. The summed E-state index contributed by atoms with van der Waals surface area (Å²) in [5.74, 6) is -0.575. The number of aliphatic hydroxyl groups excluding tert-OH is 2. The van der Waals surface area contributed by atoms with Gasteiger partial charge in [0.1, 0.15) is 34.6 Å². The van der Waals surface area contributed by atoms with Crippen LogP contribution in [0.5, 0.6) is 0 Å². The van der Waals surface area contributed by atoms with Crippen LogP contribution in [0.2, 0.25) is 0 Å². The number of hydrogen-bond donors (Lipinski definition) is 4. The fourth-order valence-electron chi connectivity index (χ4n) is 5.08. The maximum atomic E-state index is 13.5. The topological polar surface area (TPSA) is 226 Å². The number of ether oxygens (including phenoxy) is 5. The number of alkyl carbamates (subject to hydrolysis) is 1. The maximum absolute atomic E-state index is 13.5. The Morgan fingerprint density at radius 1 is 0.459 bits per heavy atom. The lowest BCUT2D eigenvalue weighted by Gasteiger charge is -2.31. The van der Waals surface area contributed by atoms with Gasteiger partial charge in [-0.3, -0.25) is 9.69 Å². The van der Waals surface area contributed by atoms with Gasteiger partial charge in [0.2, 0.25) is 5.91 Å². The summed E-state index contributed by atoms with van der Waals surface area (Å²) in [7, 11) is 0. The SMILES string of the molecule is CC(C)(C)OC(=O)NCCCN(CCCN(CCCN(CCCN(CC(=O)NC[C@H](O)CO)C(=O)OC(C)(C)C)C(=O)OC(C)(C)C)C(=O)OC(C)(C)C)C(=O)OC(C)(C)C. The molecule has 0 fully saturated rings. The molecule has 19 nitrogen and oxygen atoms in total. The van der Waals surface area contributed by atoms with Gasteiger partial charge in [-0.2, -0.15) is 0 Å². The predicted octanol–water partition coefficient (Wildman–Crippen LogP) is 5.49. The van der Waals surface area contributed by atoms with Gasteiger partial charge in [-0.05, 0) is 130 Å². The molecule has 0 spiro atoms. The molecule has 0 aliphatic carbocycles. The Labute approximate surface area is 364 Å². The second-order valence-corrected chi connectivity index (χ2v) is 19.8. The van der Waals surface area contributed by atoms with E-state index in [0.717, 1.165) is 0 Å². The van der Waals surface area contributed by atoms with Crippen LogP contribution in [0.3, 0.4) is 0 Å². The van der Waals surface area contributed by atoms with E-state index in [4.69, 9.17) is 28.8 Å². The van der Waals surface area contributed by atoms with Crippen LogP contribution in [-0.4, -0.2) is 172 Å². The highest BCUT2D eigenvalue weighted by Crippen LogP contribution is 2.16. The van der Waals surface area contributed by atoms with Crippen molar-refractivity contribution in [1.82, 2.24) is 30.2 Å². The van der Waals surface area contributed by atoms with Gasteiger partial charge in [0.15, 0.2) is 0 Å².